The second-order valence-electron chi connectivity index (χ2n) is 9.19. The maximum absolute atomic E-state index is 13.1. The van der Waals surface area contributed by atoms with Crippen molar-refractivity contribution in [1.82, 2.24) is 10.2 Å². The first-order chi connectivity index (χ1) is 14.5. The van der Waals surface area contributed by atoms with Crippen LogP contribution in [0.2, 0.25) is 0 Å². The van der Waals surface area contributed by atoms with Crippen LogP contribution in [-0.2, 0) is 16.1 Å². The lowest BCUT2D eigenvalue weighted by molar-refractivity contribution is -0.141. The normalized spacial score (nSPS) is 12.2. The molecule has 2 aromatic carbocycles. The predicted octanol–water partition coefficient (Wildman–Crippen LogP) is 4.79. The highest BCUT2D eigenvalue weighted by atomic mass is 16.5. The number of carbonyl (C=O) groups excluding carboxylic acids is 2. The van der Waals surface area contributed by atoms with E-state index in [1.54, 1.807) is 11.8 Å². The Labute approximate surface area is 186 Å². The topological polar surface area (TPSA) is 58.6 Å². The summed E-state index contributed by atoms with van der Waals surface area (Å²) in [6.45, 7) is 12.5. The third-order valence-electron chi connectivity index (χ3n) is 4.93. The van der Waals surface area contributed by atoms with E-state index in [0.717, 1.165) is 16.9 Å². The van der Waals surface area contributed by atoms with E-state index in [1.165, 1.54) is 5.56 Å². The van der Waals surface area contributed by atoms with Gasteiger partial charge in [-0.05, 0) is 65.7 Å². The van der Waals surface area contributed by atoms with E-state index in [-0.39, 0.29) is 17.4 Å². The van der Waals surface area contributed by atoms with Gasteiger partial charge >= 0.3 is 0 Å². The summed E-state index contributed by atoms with van der Waals surface area (Å²) in [6.07, 6.45) is 0.912. The fourth-order valence-corrected chi connectivity index (χ4v) is 3.26. The molecule has 2 rings (SSSR count). The van der Waals surface area contributed by atoms with E-state index in [9.17, 15) is 9.59 Å². The Bertz CT molecular complexity index is 869. The van der Waals surface area contributed by atoms with E-state index >= 15 is 0 Å². The van der Waals surface area contributed by atoms with Crippen LogP contribution in [0.3, 0.4) is 0 Å². The first-order valence-corrected chi connectivity index (χ1v) is 10.9. The monoisotopic (exact) mass is 424 g/mol. The number of nitrogens with zero attached hydrogens (tertiary/aromatic N) is 1. The summed E-state index contributed by atoms with van der Waals surface area (Å²) in [6, 6.07) is 15.3. The highest BCUT2D eigenvalue weighted by Crippen LogP contribution is 2.15. The zero-order chi connectivity index (χ0) is 23.0. The average Bonchev–Trinajstić information content (AvgIpc) is 2.69. The summed E-state index contributed by atoms with van der Waals surface area (Å²) in [7, 11) is 0. The van der Waals surface area contributed by atoms with E-state index in [2.05, 4.69) is 11.4 Å². The number of hydrogen-bond acceptors (Lipinski definition) is 3. The Kier molecular flexibility index (Phi) is 8.66. The number of benzene rings is 2. The van der Waals surface area contributed by atoms with Crippen LogP contribution in [-0.4, -0.2) is 34.9 Å². The van der Waals surface area contributed by atoms with Gasteiger partial charge in [-0.25, -0.2) is 0 Å². The van der Waals surface area contributed by atoms with Gasteiger partial charge in [-0.15, -0.1) is 0 Å². The van der Waals surface area contributed by atoms with Gasteiger partial charge in [0.2, 0.25) is 11.8 Å². The van der Waals surface area contributed by atoms with Gasteiger partial charge in [-0.3, -0.25) is 9.59 Å². The van der Waals surface area contributed by atoms with E-state index < -0.39 is 6.04 Å². The van der Waals surface area contributed by atoms with Crippen molar-refractivity contribution in [2.45, 2.75) is 72.5 Å². The quantitative estimate of drug-likeness (QED) is 0.589. The lowest BCUT2D eigenvalue weighted by Crippen LogP contribution is -2.52. The molecule has 0 radical (unpaired) electrons. The van der Waals surface area contributed by atoms with Crippen molar-refractivity contribution in [2.75, 3.05) is 6.61 Å². The maximum atomic E-state index is 13.1. The van der Waals surface area contributed by atoms with Gasteiger partial charge < -0.3 is 15.0 Å². The highest BCUT2D eigenvalue weighted by Gasteiger charge is 2.28. The molecule has 2 aromatic rings. The molecule has 5 heteroatoms. The highest BCUT2D eigenvalue weighted by molar-refractivity contribution is 5.87. The fraction of sp³-hybridized carbons (Fsp3) is 0.462. The minimum Gasteiger partial charge on any atom is -0.494 e. The molecule has 0 saturated heterocycles. The Morgan fingerprint density at radius 2 is 1.71 bits per heavy atom. The maximum Gasteiger partial charge on any atom is 0.242 e. The summed E-state index contributed by atoms with van der Waals surface area (Å²) in [5.74, 6) is 0.600. The molecule has 2 amide bonds. The van der Waals surface area contributed by atoms with Crippen molar-refractivity contribution < 1.29 is 14.3 Å². The lowest BCUT2D eigenvalue weighted by Gasteiger charge is -2.31. The minimum absolute atomic E-state index is 0.0504. The minimum atomic E-state index is -0.565. The van der Waals surface area contributed by atoms with Crippen LogP contribution >= 0.6 is 0 Å². The van der Waals surface area contributed by atoms with Crippen molar-refractivity contribution in [3.63, 3.8) is 0 Å². The van der Waals surface area contributed by atoms with Gasteiger partial charge in [-0.1, -0.05) is 47.5 Å². The van der Waals surface area contributed by atoms with Crippen LogP contribution in [0, 0.1) is 13.8 Å². The van der Waals surface area contributed by atoms with Gasteiger partial charge in [0.1, 0.15) is 11.8 Å². The van der Waals surface area contributed by atoms with Gasteiger partial charge in [0.15, 0.2) is 0 Å². The summed E-state index contributed by atoms with van der Waals surface area (Å²) in [5.41, 5.74) is 2.96. The molecule has 0 aliphatic carbocycles. The van der Waals surface area contributed by atoms with E-state index in [1.807, 2.05) is 77.1 Å². The Morgan fingerprint density at radius 1 is 1.03 bits per heavy atom. The molecule has 0 spiro atoms. The first kappa shape index (κ1) is 24.4. The van der Waals surface area contributed by atoms with Crippen molar-refractivity contribution in [3.8, 4) is 5.75 Å². The lowest BCUT2D eigenvalue weighted by atomic mass is 10.1. The van der Waals surface area contributed by atoms with Crippen LogP contribution in [0.4, 0.5) is 0 Å². The van der Waals surface area contributed by atoms with Gasteiger partial charge in [0.25, 0.3) is 0 Å². The third kappa shape index (κ3) is 8.44. The van der Waals surface area contributed by atoms with Crippen LogP contribution in [0.5, 0.6) is 5.75 Å². The number of carbonyl (C=O) groups is 2. The average molecular weight is 425 g/mol. The smallest absolute Gasteiger partial charge is 0.242 e. The molecular formula is C26H36N2O3. The molecule has 1 N–H and O–H groups in total. The molecule has 0 aliphatic heterocycles. The van der Waals surface area contributed by atoms with E-state index in [0.29, 0.717) is 26.0 Å². The molecule has 0 saturated carbocycles. The number of hydrogen-bond donors (Lipinski definition) is 1. The first-order valence-electron chi connectivity index (χ1n) is 10.9. The zero-order valence-corrected chi connectivity index (χ0v) is 19.7. The largest absolute Gasteiger partial charge is 0.494 e. The van der Waals surface area contributed by atoms with Crippen molar-refractivity contribution >= 4 is 11.8 Å². The molecule has 31 heavy (non-hydrogen) atoms. The zero-order valence-electron chi connectivity index (χ0n) is 19.7. The molecule has 0 heterocycles. The molecule has 5 nitrogen and oxygen atoms in total. The van der Waals surface area contributed by atoms with Crippen molar-refractivity contribution in [1.29, 1.82) is 0 Å². The molecule has 0 bridgehead atoms. The molecule has 1 atom stereocenters. The Morgan fingerprint density at radius 3 is 2.32 bits per heavy atom. The molecular weight excluding hydrogens is 388 g/mol. The Hall–Kier alpha value is -2.82. The molecule has 0 aromatic heterocycles. The predicted molar refractivity (Wildman–Crippen MR) is 125 cm³/mol. The van der Waals surface area contributed by atoms with Crippen LogP contribution in [0.1, 0.15) is 57.2 Å². The van der Waals surface area contributed by atoms with Gasteiger partial charge in [0.05, 0.1) is 6.61 Å². The Balaban J connectivity index is 2.02. The molecule has 0 aliphatic rings. The van der Waals surface area contributed by atoms with Crippen LogP contribution in [0.25, 0.3) is 0 Å². The number of rotatable bonds is 9. The second-order valence-corrected chi connectivity index (χ2v) is 9.19. The molecule has 0 unspecified atom stereocenters. The summed E-state index contributed by atoms with van der Waals surface area (Å²) < 4.78 is 5.75. The number of aryl methyl sites for hydroxylation is 2. The summed E-state index contributed by atoms with van der Waals surface area (Å²) >= 11 is 0. The second kappa shape index (κ2) is 11.0. The van der Waals surface area contributed by atoms with Crippen LogP contribution in [0.15, 0.2) is 48.5 Å². The SMILES string of the molecule is Cc1ccc(OCCCC(=O)N(Cc2cccc(C)c2)[C@@H](C)C(=O)NC(C)(C)C)cc1. The summed E-state index contributed by atoms with van der Waals surface area (Å²) in [4.78, 5) is 27.5. The number of amides is 2. The van der Waals surface area contributed by atoms with Gasteiger partial charge in [0, 0.05) is 18.5 Å². The number of nitrogens with one attached hydrogen (secondary N) is 1. The molecule has 0 fully saturated rings. The van der Waals surface area contributed by atoms with Gasteiger partial charge in [-0.2, -0.15) is 0 Å². The molecule has 168 valence electrons. The van der Waals surface area contributed by atoms with E-state index in [4.69, 9.17) is 4.74 Å². The van der Waals surface area contributed by atoms with Crippen LogP contribution < -0.4 is 10.1 Å². The number of ether oxygens (including phenoxy) is 1. The van der Waals surface area contributed by atoms with Crippen molar-refractivity contribution in [3.05, 3.63) is 65.2 Å². The summed E-state index contributed by atoms with van der Waals surface area (Å²) in [5, 5.41) is 2.99. The fourth-order valence-electron chi connectivity index (χ4n) is 3.26. The third-order valence-corrected chi connectivity index (χ3v) is 4.93. The van der Waals surface area contributed by atoms with Crippen molar-refractivity contribution in [2.24, 2.45) is 0 Å². The standard InChI is InChI=1S/C26H36N2O3/c1-19-12-14-23(15-13-19)31-16-8-11-24(29)28(18-22-10-7-9-20(2)17-22)21(3)25(30)27-26(4,5)6/h7,9-10,12-15,17,21H,8,11,16,18H2,1-6H3,(H,27,30)/t21-/m0/s1.